The van der Waals surface area contributed by atoms with E-state index in [-0.39, 0.29) is 12.3 Å². The molecule has 0 aliphatic carbocycles. The Labute approximate surface area is 112 Å². The Morgan fingerprint density at radius 3 is 2.74 bits per heavy atom. The third kappa shape index (κ3) is 4.42. The highest BCUT2D eigenvalue weighted by molar-refractivity contribution is 5.72. The molecule has 5 N–H and O–H groups in total. The fraction of sp³-hybridized carbons (Fsp3) is 0.462. The number of nitrogens with one attached hydrogen (secondary N) is 1. The molecule has 1 aromatic rings. The van der Waals surface area contributed by atoms with Crippen LogP contribution in [-0.4, -0.2) is 35.9 Å². The van der Waals surface area contributed by atoms with Crippen molar-refractivity contribution in [1.82, 2.24) is 5.32 Å². The number of benzene rings is 1. The molecule has 6 heteroatoms. The minimum absolute atomic E-state index is 0.174. The first kappa shape index (κ1) is 15.3. The first-order valence-corrected chi connectivity index (χ1v) is 5.99. The molecule has 1 amide bonds. The molecule has 2 atom stereocenters. The smallest absolute Gasteiger partial charge is 0.216 e. The van der Waals surface area contributed by atoms with Crippen molar-refractivity contribution < 1.29 is 19.7 Å². The molecule has 0 aromatic heterocycles. The summed E-state index contributed by atoms with van der Waals surface area (Å²) in [5, 5.41) is 22.5. The number of methoxy groups -OCH3 is 1. The number of ether oxygens (including phenoxy) is 1. The summed E-state index contributed by atoms with van der Waals surface area (Å²) in [7, 11) is 1.47. The van der Waals surface area contributed by atoms with Gasteiger partial charge in [0.1, 0.15) is 11.9 Å². The van der Waals surface area contributed by atoms with Gasteiger partial charge in [-0.1, -0.05) is 6.07 Å². The molecule has 0 saturated heterocycles. The highest BCUT2D eigenvalue weighted by Crippen LogP contribution is 2.29. The molecule has 1 aromatic carbocycles. The van der Waals surface area contributed by atoms with E-state index < -0.39 is 12.2 Å². The number of amides is 1. The summed E-state index contributed by atoms with van der Waals surface area (Å²) in [6, 6.07) is 4.82. The van der Waals surface area contributed by atoms with E-state index in [1.165, 1.54) is 14.0 Å². The second-order valence-electron chi connectivity index (χ2n) is 4.29. The van der Waals surface area contributed by atoms with Crippen LogP contribution in [0.4, 0.5) is 5.69 Å². The third-order valence-corrected chi connectivity index (χ3v) is 2.75. The van der Waals surface area contributed by atoms with Gasteiger partial charge >= 0.3 is 0 Å². The molecule has 0 saturated carbocycles. The van der Waals surface area contributed by atoms with Gasteiger partial charge in [0.2, 0.25) is 5.91 Å². The van der Waals surface area contributed by atoms with Crippen molar-refractivity contribution in [3.63, 3.8) is 0 Å². The zero-order valence-electron chi connectivity index (χ0n) is 11.1. The van der Waals surface area contributed by atoms with E-state index in [1.807, 2.05) is 0 Å². The SMILES string of the molecule is COc1cc(N)ccc1C(O)C(O)CCNC(C)=O. The van der Waals surface area contributed by atoms with E-state index in [0.717, 1.165) is 0 Å². The maximum absolute atomic E-state index is 10.7. The zero-order valence-corrected chi connectivity index (χ0v) is 11.1. The molecule has 19 heavy (non-hydrogen) atoms. The molecule has 1 rings (SSSR count). The van der Waals surface area contributed by atoms with E-state index in [9.17, 15) is 15.0 Å². The Morgan fingerprint density at radius 2 is 2.16 bits per heavy atom. The standard InChI is InChI=1S/C13H20N2O4/c1-8(16)15-6-5-11(17)13(18)10-4-3-9(14)7-12(10)19-2/h3-4,7,11,13,17-18H,5-6,14H2,1-2H3,(H,15,16). The Bertz CT molecular complexity index is 437. The Hall–Kier alpha value is -1.79. The van der Waals surface area contributed by atoms with Gasteiger partial charge < -0.3 is 26.0 Å². The fourth-order valence-electron chi connectivity index (χ4n) is 1.73. The number of aliphatic hydroxyl groups excluding tert-OH is 2. The highest BCUT2D eigenvalue weighted by Gasteiger charge is 2.21. The summed E-state index contributed by atoms with van der Waals surface area (Å²) >= 11 is 0. The van der Waals surface area contributed by atoms with Crippen LogP contribution in [0.2, 0.25) is 0 Å². The summed E-state index contributed by atoms with van der Waals surface area (Å²) in [6.07, 6.45) is -1.84. The maximum Gasteiger partial charge on any atom is 0.216 e. The van der Waals surface area contributed by atoms with Gasteiger partial charge in [-0.15, -0.1) is 0 Å². The van der Waals surface area contributed by atoms with Crippen molar-refractivity contribution in [2.45, 2.75) is 25.6 Å². The van der Waals surface area contributed by atoms with Gasteiger partial charge in [0.05, 0.1) is 13.2 Å². The van der Waals surface area contributed by atoms with Gasteiger partial charge in [-0.25, -0.2) is 0 Å². The summed E-state index contributed by atoms with van der Waals surface area (Å²) in [6.45, 7) is 1.69. The van der Waals surface area contributed by atoms with E-state index in [0.29, 0.717) is 23.5 Å². The lowest BCUT2D eigenvalue weighted by atomic mass is 10.0. The predicted octanol–water partition coefficient (Wildman–Crippen LogP) is 0.198. The second-order valence-corrected chi connectivity index (χ2v) is 4.29. The number of carbonyl (C=O) groups is 1. The third-order valence-electron chi connectivity index (χ3n) is 2.75. The number of hydrogen-bond donors (Lipinski definition) is 4. The first-order chi connectivity index (χ1) is 8.95. The lowest BCUT2D eigenvalue weighted by molar-refractivity contribution is -0.119. The Kier molecular flexibility index (Phi) is 5.59. The van der Waals surface area contributed by atoms with Gasteiger partial charge in [0.15, 0.2) is 0 Å². The van der Waals surface area contributed by atoms with Crippen molar-refractivity contribution >= 4 is 11.6 Å². The van der Waals surface area contributed by atoms with E-state index in [2.05, 4.69) is 5.32 Å². The average molecular weight is 268 g/mol. The molecule has 0 heterocycles. The summed E-state index contributed by atoms with van der Waals surface area (Å²) in [5.74, 6) is 0.248. The topological polar surface area (TPSA) is 105 Å². The molecule has 2 unspecified atom stereocenters. The van der Waals surface area contributed by atoms with Gasteiger partial charge in [-0.2, -0.15) is 0 Å². The average Bonchev–Trinajstić information content (AvgIpc) is 2.37. The molecular weight excluding hydrogens is 248 g/mol. The van der Waals surface area contributed by atoms with Gasteiger partial charge in [0.25, 0.3) is 0 Å². The van der Waals surface area contributed by atoms with Gasteiger partial charge in [-0.05, 0) is 12.5 Å². The monoisotopic (exact) mass is 268 g/mol. The van der Waals surface area contributed by atoms with Crippen LogP contribution < -0.4 is 15.8 Å². The lowest BCUT2D eigenvalue weighted by Crippen LogP contribution is -2.27. The number of rotatable bonds is 6. The molecule has 0 bridgehead atoms. The largest absolute Gasteiger partial charge is 0.496 e. The molecule has 0 spiro atoms. The van der Waals surface area contributed by atoms with Crippen LogP contribution in [0.3, 0.4) is 0 Å². The van der Waals surface area contributed by atoms with Crippen molar-refractivity contribution in [3.05, 3.63) is 23.8 Å². The number of nitrogens with two attached hydrogens (primary N) is 1. The minimum atomic E-state index is -1.09. The molecule has 0 aliphatic heterocycles. The molecule has 106 valence electrons. The maximum atomic E-state index is 10.7. The quantitative estimate of drug-likeness (QED) is 0.552. The van der Waals surface area contributed by atoms with E-state index >= 15 is 0 Å². The van der Waals surface area contributed by atoms with Crippen LogP contribution in [0.5, 0.6) is 5.75 Å². The van der Waals surface area contributed by atoms with E-state index in [1.54, 1.807) is 18.2 Å². The molecule has 0 aliphatic rings. The highest BCUT2D eigenvalue weighted by atomic mass is 16.5. The number of nitrogen functional groups attached to an aromatic ring is 1. The second kappa shape index (κ2) is 6.96. The van der Waals surface area contributed by atoms with Crippen molar-refractivity contribution in [2.75, 3.05) is 19.4 Å². The minimum Gasteiger partial charge on any atom is -0.496 e. The van der Waals surface area contributed by atoms with Crippen LogP contribution in [-0.2, 0) is 4.79 Å². The molecular formula is C13H20N2O4. The van der Waals surface area contributed by atoms with Crippen molar-refractivity contribution in [3.8, 4) is 5.75 Å². The molecule has 0 fully saturated rings. The number of carbonyl (C=O) groups excluding carboxylic acids is 1. The van der Waals surface area contributed by atoms with E-state index in [4.69, 9.17) is 10.5 Å². The van der Waals surface area contributed by atoms with Crippen LogP contribution in [0.15, 0.2) is 18.2 Å². The molecule has 0 radical (unpaired) electrons. The van der Waals surface area contributed by atoms with Crippen LogP contribution in [0, 0.1) is 0 Å². The normalized spacial score (nSPS) is 13.7. The van der Waals surface area contributed by atoms with Gasteiger partial charge in [0, 0.05) is 30.8 Å². The Balaban J connectivity index is 2.70. The lowest BCUT2D eigenvalue weighted by Gasteiger charge is -2.20. The van der Waals surface area contributed by atoms with Crippen LogP contribution in [0.1, 0.15) is 25.0 Å². The predicted molar refractivity (Wildman–Crippen MR) is 71.7 cm³/mol. The van der Waals surface area contributed by atoms with Crippen LogP contribution in [0.25, 0.3) is 0 Å². The summed E-state index contributed by atoms with van der Waals surface area (Å²) in [5.41, 5.74) is 6.60. The zero-order chi connectivity index (χ0) is 14.4. The number of aliphatic hydroxyl groups is 2. The first-order valence-electron chi connectivity index (χ1n) is 5.99. The Morgan fingerprint density at radius 1 is 1.47 bits per heavy atom. The fourth-order valence-corrected chi connectivity index (χ4v) is 1.73. The number of hydrogen-bond acceptors (Lipinski definition) is 5. The van der Waals surface area contributed by atoms with Crippen molar-refractivity contribution in [1.29, 1.82) is 0 Å². The molecule has 6 nitrogen and oxygen atoms in total. The van der Waals surface area contributed by atoms with Crippen molar-refractivity contribution in [2.24, 2.45) is 0 Å². The van der Waals surface area contributed by atoms with Gasteiger partial charge in [-0.3, -0.25) is 4.79 Å². The number of anilines is 1. The summed E-state index contributed by atoms with van der Waals surface area (Å²) < 4.78 is 5.12. The van der Waals surface area contributed by atoms with Crippen LogP contribution >= 0.6 is 0 Å². The summed E-state index contributed by atoms with van der Waals surface area (Å²) in [4.78, 5) is 10.7.